The van der Waals surface area contributed by atoms with E-state index in [4.69, 9.17) is 4.74 Å². The maximum absolute atomic E-state index is 12.1. The molecule has 17 heavy (non-hydrogen) atoms. The number of allylic oxidation sites excluding steroid dienone is 3. The second-order valence-electron chi connectivity index (χ2n) is 4.63. The number of esters is 1. The van der Waals surface area contributed by atoms with E-state index >= 15 is 0 Å². The third kappa shape index (κ3) is 2.47. The third-order valence-electron chi connectivity index (χ3n) is 3.75. The summed E-state index contributed by atoms with van der Waals surface area (Å²) in [5.41, 5.74) is 0.846. The van der Waals surface area contributed by atoms with Crippen LogP contribution in [0, 0.1) is 5.41 Å². The maximum Gasteiger partial charge on any atom is 0.316 e. The number of piperidine rings is 1. The Labute approximate surface area is 110 Å². The fraction of sp³-hybridized carbons (Fsp3) is 0.615. The van der Waals surface area contributed by atoms with E-state index < -0.39 is 0 Å². The summed E-state index contributed by atoms with van der Waals surface area (Å²) in [4.78, 5) is 12.1. The molecule has 0 aromatic rings. The summed E-state index contributed by atoms with van der Waals surface area (Å²) in [5, 5.41) is 3.31. The van der Waals surface area contributed by atoms with Gasteiger partial charge in [-0.2, -0.15) is 0 Å². The summed E-state index contributed by atoms with van der Waals surface area (Å²) in [5.74, 6) is -0.0725. The van der Waals surface area contributed by atoms with Gasteiger partial charge in [0.15, 0.2) is 0 Å². The molecule has 1 saturated heterocycles. The fourth-order valence-corrected chi connectivity index (χ4v) is 3.05. The van der Waals surface area contributed by atoms with Crippen LogP contribution in [0.2, 0.25) is 0 Å². The summed E-state index contributed by atoms with van der Waals surface area (Å²) < 4.78 is 6.24. The Kier molecular flexibility index (Phi) is 4.05. The predicted octanol–water partition coefficient (Wildman–Crippen LogP) is 2.53. The van der Waals surface area contributed by atoms with Crippen LogP contribution in [0.1, 0.15) is 25.7 Å². The number of hydrogen-bond acceptors (Lipinski definition) is 3. The van der Waals surface area contributed by atoms with Crippen molar-refractivity contribution in [3.63, 3.8) is 0 Å². The molecule has 3 nitrogen and oxygen atoms in total. The van der Waals surface area contributed by atoms with E-state index in [0.717, 1.165) is 38.8 Å². The molecule has 1 fully saturated rings. The zero-order chi connectivity index (χ0) is 12.3. The van der Waals surface area contributed by atoms with Gasteiger partial charge in [-0.1, -0.05) is 33.7 Å². The highest BCUT2D eigenvalue weighted by atomic mass is 79.9. The van der Waals surface area contributed by atoms with Crippen LogP contribution in [0.25, 0.3) is 0 Å². The number of carbonyl (C=O) groups excluding carboxylic acids is 1. The molecule has 0 aromatic heterocycles. The largest absolute Gasteiger partial charge is 0.468 e. The van der Waals surface area contributed by atoms with Crippen LogP contribution in [0.15, 0.2) is 22.2 Å². The number of carbonyl (C=O) groups is 1. The van der Waals surface area contributed by atoms with Crippen molar-refractivity contribution in [2.45, 2.75) is 25.7 Å². The van der Waals surface area contributed by atoms with E-state index in [0.29, 0.717) is 0 Å². The molecule has 2 rings (SSSR count). The standard InChI is InChI=1S/C13H18BrNO2/c1-17-12(16)13(6-8-15-9-7-13)10-2-4-11(14)5-3-10/h2,4,15H,3,5-9H2,1H3. The highest BCUT2D eigenvalue weighted by Crippen LogP contribution is 2.42. The van der Waals surface area contributed by atoms with Gasteiger partial charge in [-0.05, 0) is 43.3 Å². The lowest BCUT2D eigenvalue weighted by Gasteiger charge is -2.38. The molecule has 0 aromatic carbocycles. The number of halogens is 1. The molecule has 0 bridgehead atoms. The van der Waals surface area contributed by atoms with Crippen LogP contribution in [-0.4, -0.2) is 26.2 Å². The van der Waals surface area contributed by atoms with E-state index in [2.05, 4.69) is 33.4 Å². The normalized spacial score (nSPS) is 23.6. The molecule has 0 saturated carbocycles. The molecule has 2 aliphatic rings. The zero-order valence-electron chi connectivity index (χ0n) is 10.1. The lowest BCUT2D eigenvalue weighted by atomic mass is 9.70. The molecule has 1 N–H and O–H groups in total. The van der Waals surface area contributed by atoms with Crippen molar-refractivity contribution in [2.24, 2.45) is 5.41 Å². The first-order valence-electron chi connectivity index (χ1n) is 6.04. The average molecular weight is 300 g/mol. The Balaban J connectivity index is 2.30. The first kappa shape index (κ1) is 12.8. The first-order valence-corrected chi connectivity index (χ1v) is 6.83. The van der Waals surface area contributed by atoms with Gasteiger partial charge in [-0.15, -0.1) is 0 Å². The van der Waals surface area contributed by atoms with Gasteiger partial charge in [0.1, 0.15) is 0 Å². The van der Waals surface area contributed by atoms with E-state index in [-0.39, 0.29) is 11.4 Å². The monoisotopic (exact) mass is 299 g/mol. The Morgan fingerprint density at radius 1 is 1.35 bits per heavy atom. The van der Waals surface area contributed by atoms with Crippen LogP contribution >= 0.6 is 15.9 Å². The number of nitrogens with one attached hydrogen (secondary N) is 1. The predicted molar refractivity (Wildman–Crippen MR) is 70.9 cm³/mol. The van der Waals surface area contributed by atoms with Crippen LogP contribution in [-0.2, 0) is 9.53 Å². The molecular weight excluding hydrogens is 282 g/mol. The minimum absolute atomic E-state index is 0.0725. The van der Waals surface area contributed by atoms with E-state index in [1.54, 1.807) is 0 Å². The molecule has 0 amide bonds. The van der Waals surface area contributed by atoms with E-state index in [1.807, 2.05) is 0 Å². The maximum atomic E-state index is 12.1. The molecule has 1 heterocycles. The van der Waals surface area contributed by atoms with Crippen molar-refractivity contribution >= 4 is 21.9 Å². The summed E-state index contributed by atoms with van der Waals surface area (Å²) in [6, 6.07) is 0. The Morgan fingerprint density at radius 2 is 2.06 bits per heavy atom. The van der Waals surface area contributed by atoms with Crippen molar-refractivity contribution < 1.29 is 9.53 Å². The topological polar surface area (TPSA) is 38.3 Å². The quantitative estimate of drug-likeness (QED) is 0.796. The lowest BCUT2D eigenvalue weighted by molar-refractivity contribution is -0.152. The summed E-state index contributed by atoms with van der Waals surface area (Å²) >= 11 is 3.50. The molecular formula is C13H18BrNO2. The van der Waals surface area contributed by atoms with Gasteiger partial charge in [0.25, 0.3) is 0 Å². The van der Waals surface area contributed by atoms with E-state index in [1.165, 1.54) is 17.2 Å². The Bertz CT molecular complexity index is 368. The molecule has 0 spiro atoms. The highest BCUT2D eigenvalue weighted by Gasteiger charge is 2.43. The van der Waals surface area contributed by atoms with Gasteiger partial charge < -0.3 is 10.1 Å². The molecule has 0 atom stereocenters. The molecule has 1 aliphatic heterocycles. The number of rotatable bonds is 2. The van der Waals surface area contributed by atoms with Crippen molar-refractivity contribution in [3.8, 4) is 0 Å². The minimum atomic E-state index is -0.385. The lowest BCUT2D eigenvalue weighted by Crippen LogP contribution is -2.44. The van der Waals surface area contributed by atoms with Gasteiger partial charge in [-0.25, -0.2) is 0 Å². The average Bonchev–Trinajstić information content (AvgIpc) is 2.39. The number of ether oxygens (including phenoxy) is 1. The van der Waals surface area contributed by atoms with Crippen LogP contribution < -0.4 is 5.32 Å². The molecule has 0 unspecified atom stereocenters. The fourth-order valence-electron chi connectivity index (χ4n) is 2.72. The minimum Gasteiger partial charge on any atom is -0.468 e. The smallest absolute Gasteiger partial charge is 0.316 e. The van der Waals surface area contributed by atoms with Crippen molar-refractivity contribution in [1.82, 2.24) is 5.32 Å². The van der Waals surface area contributed by atoms with Crippen LogP contribution in [0.5, 0.6) is 0 Å². The van der Waals surface area contributed by atoms with Crippen molar-refractivity contribution in [1.29, 1.82) is 0 Å². The van der Waals surface area contributed by atoms with Gasteiger partial charge >= 0.3 is 5.97 Å². The first-order chi connectivity index (χ1) is 8.19. The van der Waals surface area contributed by atoms with Gasteiger partial charge in [0.05, 0.1) is 12.5 Å². The van der Waals surface area contributed by atoms with E-state index in [9.17, 15) is 4.79 Å². The molecule has 1 aliphatic carbocycles. The van der Waals surface area contributed by atoms with Crippen molar-refractivity contribution in [3.05, 3.63) is 22.2 Å². The SMILES string of the molecule is COC(=O)C1(C2=CC=C(Br)CC2)CCNCC1. The highest BCUT2D eigenvalue weighted by molar-refractivity contribution is 9.11. The second kappa shape index (κ2) is 5.36. The molecule has 0 radical (unpaired) electrons. The Morgan fingerprint density at radius 3 is 2.59 bits per heavy atom. The number of methoxy groups -OCH3 is 1. The summed E-state index contributed by atoms with van der Waals surface area (Å²) in [6.07, 6.45) is 7.78. The van der Waals surface area contributed by atoms with Crippen LogP contribution in [0.3, 0.4) is 0 Å². The van der Waals surface area contributed by atoms with Crippen molar-refractivity contribution in [2.75, 3.05) is 20.2 Å². The second-order valence-corrected chi connectivity index (χ2v) is 5.65. The summed E-state index contributed by atoms with van der Waals surface area (Å²) in [7, 11) is 1.49. The molecule has 4 heteroatoms. The molecule has 94 valence electrons. The van der Waals surface area contributed by atoms with Gasteiger partial charge in [0, 0.05) is 0 Å². The van der Waals surface area contributed by atoms with Gasteiger partial charge in [-0.3, -0.25) is 4.79 Å². The summed E-state index contributed by atoms with van der Waals surface area (Å²) in [6.45, 7) is 1.77. The van der Waals surface area contributed by atoms with Crippen LogP contribution in [0.4, 0.5) is 0 Å². The zero-order valence-corrected chi connectivity index (χ0v) is 11.7. The van der Waals surface area contributed by atoms with Gasteiger partial charge in [0.2, 0.25) is 0 Å². The third-order valence-corrected chi connectivity index (χ3v) is 4.41. The Hall–Kier alpha value is -0.610. The number of hydrogen-bond donors (Lipinski definition) is 1.